The van der Waals surface area contributed by atoms with Gasteiger partial charge < -0.3 is 4.90 Å². The SMILES string of the molecule is CCN(CC)c1ccc(N2C(=O)C(=Cc3ccccc3)SC2=S)cc1. The van der Waals surface area contributed by atoms with Crippen LogP contribution in [0.5, 0.6) is 0 Å². The Bertz CT molecular complexity index is 796. The third-order valence-corrected chi connectivity index (χ3v) is 5.43. The molecule has 0 spiro atoms. The third kappa shape index (κ3) is 3.78. The molecular weight excluding hydrogens is 348 g/mol. The molecule has 1 aliphatic rings. The monoisotopic (exact) mass is 368 g/mol. The molecule has 1 fully saturated rings. The number of carbonyl (C=O) groups excluding carboxylic acids is 1. The largest absolute Gasteiger partial charge is 0.372 e. The second-order valence-electron chi connectivity index (χ2n) is 5.62. The maximum Gasteiger partial charge on any atom is 0.270 e. The van der Waals surface area contributed by atoms with Crippen LogP contribution in [-0.2, 0) is 4.79 Å². The van der Waals surface area contributed by atoms with Crippen molar-refractivity contribution in [3.63, 3.8) is 0 Å². The standard InChI is InChI=1S/C20H20N2OS2/c1-3-21(4-2)16-10-12-17(13-11-16)22-19(23)18(25-20(22)24)14-15-8-6-5-7-9-15/h5-14H,3-4H2,1-2H3. The van der Waals surface area contributed by atoms with Gasteiger partial charge in [0.2, 0.25) is 0 Å². The molecule has 0 aromatic heterocycles. The van der Waals surface area contributed by atoms with Crippen LogP contribution >= 0.6 is 24.0 Å². The Balaban J connectivity index is 1.84. The van der Waals surface area contributed by atoms with Gasteiger partial charge >= 0.3 is 0 Å². The van der Waals surface area contributed by atoms with E-state index in [-0.39, 0.29) is 5.91 Å². The van der Waals surface area contributed by atoms with Gasteiger partial charge in [0.25, 0.3) is 5.91 Å². The van der Waals surface area contributed by atoms with Gasteiger partial charge in [-0.1, -0.05) is 54.3 Å². The molecule has 1 aliphatic heterocycles. The quantitative estimate of drug-likeness (QED) is 0.551. The molecule has 3 nitrogen and oxygen atoms in total. The summed E-state index contributed by atoms with van der Waals surface area (Å²) in [5, 5.41) is 0. The molecule has 3 rings (SSSR count). The van der Waals surface area contributed by atoms with Crippen molar-refractivity contribution < 1.29 is 4.79 Å². The fraction of sp³-hybridized carbons (Fsp3) is 0.200. The van der Waals surface area contributed by atoms with Crippen LogP contribution in [0.25, 0.3) is 6.08 Å². The van der Waals surface area contributed by atoms with Crippen LogP contribution < -0.4 is 9.80 Å². The topological polar surface area (TPSA) is 23.6 Å². The fourth-order valence-electron chi connectivity index (χ4n) is 2.79. The van der Waals surface area contributed by atoms with Gasteiger partial charge in [-0.05, 0) is 49.8 Å². The van der Waals surface area contributed by atoms with Crippen LogP contribution in [-0.4, -0.2) is 23.3 Å². The molecule has 2 aromatic rings. The highest BCUT2D eigenvalue weighted by molar-refractivity contribution is 8.27. The number of rotatable bonds is 5. The summed E-state index contributed by atoms with van der Waals surface area (Å²) in [7, 11) is 0. The number of nitrogens with zero attached hydrogens (tertiary/aromatic N) is 2. The Morgan fingerprint density at radius 1 is 1.04 bits per heavy atom. The minimum absolute atomic E-state index is 0.0607. The number of hydrogen-bond acceptors (Lipinski definition) is 4. The van der Waals surface area contributed by atoms with Crippen molar-refractivity contribution in [1.29, 1.82) is 0 Å². The number of carbonyl (C=O) groups is 1. The third-order valence-electron chi connectivity index (χ3n) is 4.13. The van der Waals surface area contributed by atoms with Crippen molar-refractivity contribution in [2.24, 2.45) is 0 Å². The maximum atomic E-state index is 12.8. The molecule has 1 amide bonds. The van der Waals surface area contributed by atoms with Crippen LogP contribution in [0.2, 0.25) is 0 Å². The Kier molecular flexibility index (Phi) is 5.56. The second kappa shape index (κ2) is 7.85. The van der Waals surface area contributed by atoms with Gasteiger partial charge in [0.1, 0.15) is 0 Å². The van der Waals surface area contributed by atoms with E-state index in [0.29, 0.717) is 9.23 Å². The van der Waals surface area contributed by atoms with E-state index >= 15 is 0 Å². The number of hydrogen-bond donors (Lipinski definition) is 0. The molecule has 0 atom stereocenters. The van der Waals surface area contributed by atoms with Gasteiger partial charge in [-0.2, -0.15) is 0 Å². The summed E-state index contributed by atoms with van der Waals surface area (Å²) in [6, 6.07) is 17.8. The van der Waals surface area contributed by atoms with E-state index in [1.54, 1.807) is 4.90 Å². The first-order chi connectivity index (χ1) is 12.1. The number of amides is 1. The minimum atomic E-state index is -0.0607. The Hall–Kier alpha value is -2.11. The molecular formula is C20H20N2OS2. The van der Waals surface area contributed by atoms with Gasteiger partial charge in [-0.15, -0.1) is 0 Å². The number of thioether (sulfide) groups is 1. The van der Waals surface area contributed by atoms with Crippen LogP contribution in [0.3, 0.4) is 0 Å². The van der Waals surface area contributed by atoms with Crippen molar-refractivity contribution in [2.45, 2.75) is 13.8 Å². The van der Waals surface area contributed by atoms with Gasteiger partial charge in [0.15, 0.2) is 4.32 Å². The van der Waals surface area contributed by atoms with E-state index in [1.807, 2.05) is 60.7 Å². The van der Waals surface area contributed by atoms with Crippen molar-refractivity contribution in [3.05, 3.63) is 65.1 Å². The molecule has 0 saturated carbocycles. The van der Waals surface area contributed by atoms with Crippen LogP contribution in [0.4, 0.5) is 11.4 Å². The van der Waals surface area contributed by atoms with E-state index in [4.69, 9.17) is 12.2 Å². The first-order valence-electron chi connectivity index (χ1n) is 8.32. The molecule has 0 unspecified atom stereocenters. The lowest BCUT2D eigenvalue weighted by Crippen LogP contribution is -2.27. The predicted octanol–water partition coefficient (Wildman–Crippen LogP) is 4.94. The first kappa shape index (κ1) is 17.7. The number of thiocarbonyl (C=S) groups is 1. The van der Waals surface area contributed by atoms with Gasteiger partial charge in [0, 0.05) is 18.8 Å². The average molecular weight is 369 g/mol. The highest BCUT2D eigenvalue weighted by Crippen LogP contribution is 2.36. The first-order valence-corrected chi connectivity index (χ1v) is 9.54. The van der Waals surface area contributed by atoms with E-state index in [0.717, 1.165) is 30.0 Å². The van der Waals surface area contributed by atoms with Gasteiger partial charge in [-0.3, -0.25) is 9.69 Å². The van der Waals surface area contributed by atoms with Crippen molar-refractivity contribution in [3.8, 4) is 0 Å². The van der Waals surface area contributed by atoms with E-state index in [2.05, 4.69) is 18.7 Å². The molecule has 0 radical (unpaired) electrons. The van der Waals surface area contributed by atoms with Crippen LogP contribution in [0.15, 0.2) is 59.5 Å². The van der Waals surface area contributed by atoms with Gasteiger partial charge in [-0.25, -0.2) is 0 Å². The molecule has 2 aromatic carbocycles. The lowest BCUT2D eigenvalue weighted by Gasteiger charge is -2.22. The Morgan fingerprint density at radius 3 is 2.28 bits per heavy atom. The molecule has 0 N–H and O–H groups in total. The molecule has 0 bridgehead atoms. The van der Waals surface area contributed by atoms with Crippen LogP contribution in [0, 0.1) is 0 Å². The van der Waals surface area contributed by atoms with E-state index in [9.17, 15) is 4.79 Å². The fourth-order valence-corrected chi connectivity index (χ4v) is 4.09. The van der Waals surface area contributed by atoms with Crippen molar-refractivity contribution in [2.75, 3.05) is 22.9 Å². The van der Waals surface area contributed by atoms with E-state index in [1.165, 1.54) is 11.8 Å². The van der Waals surface area contributed by atoms with E-state index < -0.39 is 0 Å². The smallest absolute Gasteiger partial charge is 0.270 e. The molecule has 1 saturated heterocycles. The number of anilines is 2. The van der Waals surface area contributed by atoms with Gasteiger partial charge in [0.05, 0.1) is 10.6 Å². The Labute approximate surface area is 158 Å². The zero-order valence-corrected chi connectivity index (χ0v) is 15.9. The van der Waals surface area contributed by atoms with Crippen LogP contribution in [0.1, 0.15) is 19.4 Å². The molecule has 128 valence electrons. The predicted molar refractivity (Wildman–Crippen MR) is 112 cm³/mol. The highest BCUT2D eigenvalue weighted by atomic mass is 32.2. The summed E-state index contributed by atoms with van der Waals surface area (Å²) in [5.41, 5.74) is 2.97. The maximum absolute atomic E-state index is 12.8. The summed E-state index contributed by atoms with van der Waals surface area (Å²) < 4.78 is 0.572. The Morgan fingerprint density at radius 2 is 1.68 bits per heavy atom. The van der Waals surface area contributed by atoms with Crippen molar-refractivity contribution in [1.82, 2.24) is 0 Å². The lowest BCUT2D eigenvalue weighted by molar-refractivity contribution is -0.113. The number of benzene rings is 2. The zero-order chi connectivity index (χ0) is 17.8. The molecule has 0 aliphatic carbocycles. The normalized spacial score (nSPS) is 15.9. The zero-order valence-electron chi connectivity index (χ0n) is 14.3. The average Bonchev–Trinajstić information content (AvgIpc) is 2.91. The summed E-state index contributed by atoms with van der Waals surface area (Å²) in [6.07, 6.45) is 1.89. The summed E-state index contributed by atoms with van der Waals surface area (Å²) >= 11 is 6.79. The molecule has 5 heteroatoms. The summed E-state index contributed by atoms with van der Waals surface area (Å²) in [4.78, 5) is 17.3. The summed E-state index contributed by atoms with van der Waals surface area (Å²) in [6.45, 7) is 6.18. The highest BCUT2D eigenvalue weighted by Gasteiger charge is 2.33. The second-order valence-corrected chi connectivity index (χ2v) is 7.29. The van der Waals surface area contributed by atoms with Crippen molar-refractivity contribution >= 4 is 51.7 Å². The molecule has 25 heavy (non-hydrogen) atoms. The summed E-state index contributed by atoms with van der Waals surface area (Å²) in [5.74, 6) is -0.0607. The molecule has 1 heterocycles. The minimum Gasteiger partial charge on any atom is -0.372 e. The lowest BCUT2D eigenvalue weighted by atomic mass is 10.2.